The van der Waals surface area contributed by atoms with Crippen LogP contribution >= 0.6 is 0 Å². The molecule has 2 unspecified atom stereocenters. The molecular weight excluding hydrogens is 250 g/mol. The Hall–Kier alpha value is -0.130. The number of fused-ring (bicyclic) bond motifs is 1. The highest BCUT2D eigenvalue weighted by Gasteiger charge is 2.47. The lowest BCUT2D eigenvalue weighted by Crippen LogP contribution is -2.57. The van der Waals surface area contributed by atoms with E-state index in [4.69, 9.17) is 0 Å². The van der Waals surface area contributed by atoms with Crippen LogP contribution in [0.15, 0.2) is 0 Å². The van der Waals surface area contributed by atoms with Crippen molar-refractivity contribution in [1.82, 2.24) is 4.31 Å². The Balaban J connectivity index is 2.17. The summed E-state index contributed by atoms with van der Waals surface area (Å²) < 4.78 is 25.7. The Morgan fingerprint density at radius 1 is 1.22 bits per heavy atom. The van der Waals surface area contributed by atoms with Gasteiger partial charge in [-0.15, -0.1) is 0 Å². The summed E-state index contributed by atoms with van der Waals surface area (Å²) in [5.74, 6) is 0.122. The molecule has 2 rings (SSSR count). The average molecular weight is 275 g/mol. The first-order chi connectivity index (χ1) is 8.17. The zero-order chi connectivity index (χ0) is 13.6. The molecule has 0 aromatic heterocycles. The second-order valence-corrected chi connectivity index (χ2v) is 9.46. The van der Waals surface area contributed by atoms with Gasteiger partial charge < -0.3 is 5.11 Å². The van der Waals surface area contributed by atoms with Crippen molar-refractivity contribution in [1.29, 1.82) is 0 Å². The highest BCUT2D eigenvalue weighted by atomic mass is 32.2. The van der Waals surface area contributed by atoms with Crippen LogP contribution in [0.1, 0.15) is 52.9 Å². The molecule has 1 heterocycles. The Morgan fingerprint density at radius 3 is 2.50 bits per heavy atom. The Labute approximate surface area is 110 Å². The van der Waals surface area contributed by atoms with Crippen molar-refractivity contribution in [3.05, 3.63) is 0 Å². The number of piperidine rings is 1. The van der Waals surface area contributed by atoms with E-state index in [1.807, 2.05) is 0 Å². The van der Waals surface area contributed by atoms with E-state index in [-0.39, 0.29) is 5.92 Å². The van der Waals surface area contributed by atoms with E-state index in [2.05, 4.69) is 0 Å². The Morgan fingerprint density at radius 2 is 1.89 bits per heavy atom. The summed E-state index contributed by atoms with van der Waals surface area (Å²) in [6.07, 6.45) is 4.55. The van der Waals surface area contributed by atoms with Crippen molar-refractivity contribution in [2.45, 2.75) is 63.2 Å². The van der Waals surface area contributed by atoms with Gasteiger partial charge in [0, 0.05) is 19.0 Å². The fourth-order valence-electron chi connectivity index (χ4n) is 3.15. The van der Waals surface area contributed by atoms with E-state index in [1.54, 1.807) is 25.1 Å². The van der Waals surface area contributed by atoms with Crippen LogP contribution in [0.25, 0.3) is 0 Å². The molecule has 4 nitrogen and oxygen atoms in total. The summed E-state index contributed by atoms with van der Waals surface area (Å²) in [5, 5.41) is 10.6. The maximum atomic E-state index is 12.4. The Kier molecular flexibility index (Phi) is 3.54. The van der Waals surface area contributed by atoms with Crippen molar-refractivity contribution < 1.29 is 13.5 Å². The third-order valence-corrected chi connectivity index (χ3v) is 7.06. The van der Waals surface area contributed by atoms with Gasteiger partial charge in [-0.25, -0.2) is 12.7 Å². The molecule has 106 valence electrons. The van der Waals surface area contributed by atoms with Crippen molar-refractivity contribution in [3.8, 4) is 0 Å². The third kappa shape index (κ3) is 2.32. The van der Waals surface area contributed by atoms with Crippen LogP contribution in [0.4, 0.5) is 0 Å². The van der Waals surface area contributed by atoms with Crippen LogP contribution in [-0.2, 0) is 10.0 Å². The van der Waals surface area contributed by atoms with Gasteiger partial charge in [-0.05, 0) is 40.0 Å². The topological polar surface area (TPSA) is 57.6 Å². The van der Waals surface area contributed by atoms with Crippen molar-refractivity contribution in [2.75, 3.05) is 13.1 Å². The van der Waals surface area contributed by atoms with Gasteiger partial charge in [-0.1, -0.05) is 12.8 Å². The molecular formula is C13H25NO3S. The van der Waals surface area contributed by atoms with Gasteiger partial charge in [0.2, 0.25) is 10.0 Å². The molecule has 0 aromatic carbocycles. The quantitative estimate of drug-likeness (QED) is 0.793. The van der Waals surface area contributed by atoms with Gasteiger partial charge in [0.1, 0.15) is 0 Å². The number of hydrogen-bond acceptors (Lipinski definition) is 3. The molecule has 18 heavy (non-hydrogen) atoms. The fourth-order valence-corrected chi connectivity index (χ4v) is 4.63. The van der Waals surface area contributed by atoms with Crippen LogP contribution in [0, 0.1) is 5.92 Å². The summed E-state index contributed by atoms with van der Waals surface area (Å²) >= 11 is 0. The van der Waals surface area contributed by atoms with E-state index in [0.717, 1.165) is 25.7 Å². The Bertz CT molecular complexity index is 412. The molecule has 2 fully saturated rings. The van der Waals surface area contributed by atoms with Gasteiger partial charge in [0.05, 0.1) is 10.3 Å². The first kappa shape index (κ1) is 14.3. The van der Waals surface area contributed by atoms with E-state index in [1.165, 1.54) is 0 Å². The highest BCUT2D eigenvalue weighted by Crippen LogP contribution is 2.41. The standard InChI is InChI=1S/C13H25NO3S/c1-12(2,3)18(16,17)14-9-8-13(15)7-5-4-6-11(13)10-14/h11,15H,4-10H2,1-3H3. The van der Waals surface area contributed by atoms with Crippen LogP contribution in [-0.4, -0.2) is 41.3 Å². The average Bonchev–Trinajstić information content (AvgIpc) is 2.26. The van der Waals surface area contributed by atoms with Crippen LogP contribution < -0.4 is 0 Å². The second-order valence-electron chi connectivity index (χ2n) is 6.77. The lowest BCUT2D eigenvalue weighted by atomic mass is 9.72. The summed E-state index contributed by atoms with van der Waals surface area (Å²) in [5.41, 5.74) is -0.609. The predicted molar refractivity (Wildman–Crippen MR) is 71.8 cm³/mol. The zero-order valence-electron chi connectivity index (χ0n) is 11.6. The molecule has 1 saturated heterocycles. The van der Waals surface area contributed by atoms with Crippen molar-refractivity contribution >= 4 is 10.0 Å². The van der Waals surface area contributed by atoms with Gasteiger partial charge in [0.25, 0.3) is 0 Å². The monoisotopic (exact) mass is 275 g/mol. The SMILES string of the molecule is CC(C)(C)S(=O)(=O)N1CCC2(O)CCCCC2C1. The predicted octanol–water partition coefficient (Wildman–Crippen LogP) is 1.74. The summed E-state index contributed by atoms with van der Waals surface area (Å²) in [6.45, 7) is 6.18. The van der Waals surface area contributed by atoms with Gasteiger partial charge in [-0.3, -0.25) is 0 Å². The zero-order valence-corrected chi connectivity index (χ0v) is 12.5. The van der Waals surface area contributed by atoms with E-state index in [0.29, 0.717) is 19.5 Å². The minimum absolute atomic E-state index is 0.122. The number of sulfonamides is 1. The first-order valence-electron chi connectivity index (χ1n) is 6.89. The third-order valence-electron chi connectivity index (χ3n) is 4.50. The molecule has 1 N–H and O–H groups in total. The molecule has 0 amide bonds. The second kappa shape index (κ2) is 4.46. The van der Waals surface area contributed by atoms with Gasteiger partial charge in [-0.2, -0.15) is 0 Å². The lowest BCUT2D eigenvalue weighted by molar-refractivity contribution is -0.0819. The number of nitrogens with zero attached hydrogens (tertiary/aromatic N) is 1. The highest BCUT2D eigenvalue weighted by molar-refractivity contribution is 7.90. The molecule has 1 saturated carbocycles. The molecule has 2 atom stereocenters. The van der Waals surface area contributed by atoms with E-state index in [9.17, 15) is 13.5 Å². The maximum Gasteiger partial charge on any atom is 0.219 e. The summed E-state index contributed by atoms with van der Waals surface area (Å²) in [7, 11) is -3.25. The number of aliphatic hydroxyl groups is 1. The van der Waals surface area contributed by atoms with Crippen molar-refractivity contribution in [3.63, 3.8) is 0 Å². The normalized spacial score (nSPS) is 35.2. The molecule has 5 heteroatoms. The van der Waals surface area contributed by atoms with Crippen molar-refractivity contribution in [2.24, 2.45) is 5.92 Å². The fraction of sp³-hybridized carbons (Fsp3) is 1.00. The van der Waals surface area contributed by atoms with E-state index < -0.39 is 20.4 Å². The van der Waals surface area contributed by atoms with Gasteiger partial charge in [0.15, 0.2) is 0 Å². The smallest absolute Gasteiger partial charge is 0.219 e. The number of hydrogen-bond donors (Lipinski definition) is 1. The maximum absolute atomic E-state index is 12.4. The first-order valence-corrected chi connectivity index (χ1v) is 8.33. The largest absolute Gasteiger partial charge is 0.390 e. The molecule has 0 spiro atoms. The van der Waals surface area contributed by atoms with Gasteiger partial charge >= 0.3 is 0 Å². The van der Waals surface area contributed by atoms with Crippen LogP contribution in [0.2, 0.25) is 0 Å². The summed E-state index contributed by atoms with van der Waals surface area (Å²) in [4.78, 5) is 0. The summed E-state index contributed by atoms with van der Waals surface area (Å²) in [6, 6.07) is 0. The number of rotatable bonds is 1. The minimum atomic E-state index is -3.25. The molecule has 2 aliphatic rings. The van der Waals surface area contributed by atoms with Crippen LogP contribution in [0.3, 0.4) is 0 Å². The van der Waals surface area contributed by atoms with E-state index >= 15 is 0 Å². The molecule has 0 aromatic rings. The lowest BCUT2D eigenvalue weighted by Gasteiger charge is -2.47. The minimum Gasteiger partial charge on any atom is -0.390 e. The molecule has 1 aliphatic heterocycles. The molecule has 0 radical (unpaired) electrons. The molecule has 1 aliphatic carbocycles. The molecule has 0 bridgehead atoms. The van der Waals surface area contributed by atoms with Crippen LogP contribution in [0.5, 0.6) is 0 Å².